The van der Waals surface area contributed by atoms with E-state index in [0.717, 1.165) is 56.4 Å². The minimum absolute atomic E-state index is 0.0806. The Morgan fingerprint density at radius 1 is 1.24 bits per heavy atom. The predicted octanol–water partition coefficient (Wildman–Crippen LogP) is 2.52. The average Bonchev–Trinajstić information content (AvgIpc) is 3.14. The van der Waals surface area contributed by atoms with Crippen molar-refractivity contribution < 1.29 is 9.53 Å². The molecule has 6 heteroatoms. The fraction of sp³-hybridized carbons (Fsp3) is 0.737. The molecule has 1 atom stereocenters. The van der Waals surface area contributed by atoms with Gasteiger partial charge in [-0.05, 0) is 46.5 Å². The van der Waals surface area contributed by atoms with Gasteiger partial charge in [-0.15, -0.1) is 0 Å². The zero-order valence-electron chi connectivity index (χ0n) is 15.7. The molecule has 3 rings (SSSR count). The van der Waals surface area contributed by atoms with E-state index in [1.165, 1.54) is 12.8 Å². The summed E-state index contributed by atoms with van der Waals surface area (Å²) in [6, 6.07) is 2.14. The highest BCUT2D eigenvalue weighted by Gasteiger charge is 2.27. The van der Waals surface area contributed by atoms with Gasteiger partial charge in [-0.3, -0.25) is 4.79 Å². The average molecular weight is 346 g/mol. The van der Waals surface area contributed by atoms with Crippen molar-refractivity contribution in [1.29, 1.82) is 0 Å². The molecule has 2 saturated heterocycles. The molecular formula is C19H30N4O2. The normalized spacial score (nSPS) is 21.2. The first kappa shape index (κ1) is 18.1. The fourth-order valence-corrected chi connectivity index (χ4v) is 3.67. The topological polar surface area (TPSA) is 58.6 Å². The molecule has 1 aromatic rings. The molecule has 2 aliphatic rings. The summed E-state index contributed by atoms with van der Waals surface area (Å²) in [5.74, 6) is 2.25. The number of rotatable bonds is 5. The highest BCUT2D eigenvalue weighted by Crippen LogP contribution is 2.28. The summed E-state index contributed by atoms with van der Waals surface area (Å²) in [5, 5.41) is 0. The molecule has 2 fully saturated rings. The van der Waals surface area contributed by atoms with Crippen molar-refractivity contribution in [1.82, 2.24) is 14.9 Å². The van der Waals surface area contributed by atoms with Gasteiger partial charge < -0.3 is 14.5 Å². The summed E-state index contributed by atoms with van der Waals surface area (Å²) in [7, 11) is 0. The molecule has 0 spiro atoms. The van der Waals surface area contributed by atoms with E-state index in [4.69, 9.17) is 4.74 Å². The Bertz CT molecular complexity index is 599. The highest BCUT2D eigenvalue weighted by molar-refractivity contribution is 5.77. The Kier molecular flexibility index (Phi) is 5.89. The Morgan fingerprint density at radius 2 is 2.00 bits per heavy atom. The van der Waals surface area contributed by atoms with Crippen LogP contribution >= 0.6 is 0 Å². The van der Waals surface area contributed by atoms with E-state index in [9.17, 15) is 4.79 Å². The third-order valence-electron chi connectivity index (χ3n) is 5.01. The number of nitrogens with zero attached hydrogens (tertiary/aromatic N) is 4. The van der Waals surface area contributed by atoms with Gasteiger partial charge in [0.25, 0.3) is 0 Å². The van der Waals surface area contributed by atoms with Crippen LogP contribution in [0, 0.1) is 6.92 Å². The van der Waals surface area contributed by atoms with Crippen LogP contribution in [0.25, 0.3) is 0 Å². The summed E-state index contributed by atoms with van der Waals surface area (Å²) < 4.78 is 5.48. The van der Waals surface area contributed by atoms with Crippen LogP contribution in [0.15, 0.2) is 6.07 Å². The van der Waals surface area contributed by atoms with E-state index < -0.39 is 0 Å². The molecule has 0 aliphatic carbocycles. The second-order valence-electron chi connectivity index (χ2n) is 7.43. The van der Waals surface area contributed by atoms with Crippen LogP contribution in [0.4, 0.5) is 5.82 Å². The maximum absolute atomic E-state index is 12.4. The van der Waals surface area contributed by atoms with E-state index in [-0.39, 0.29) is 18.6 Å². The SMILES string of the molecule is Cc1nc([C@H]2CCCN(C(=O)COC(C)C)C2)cc(N2CCCC2)n1. The van der Waals surface area contributed by atoms with Crippen molar-refractivity contribution in [2.45, 2.75) is 58.5 Å². The van der Waals surface area contributed by atoms with E-state index >= 15 is 0 Å². The van der Waals surface area contributed by atoms with Gasteiger partial charge in [0, 0.05) is 38.2 Å². The minimum Gasteiger partial charge on any atom is -0.369 e. The zero-order valence-corrected chi connectivity index (χ0v) is 15.7. The number of likely N-dealkylation sites (tertiary alicyclic amines) is 1. The smallest absolute Gasteiger partial charge is 0.248 e. The largest absolute Gasteiger partial charge is 0.369 e. The van der Waals surface area contributed by atoms with Gasteiger partial charge >= 0.3 is 0 Å². The summed E-state index contributed by atoms with van der Waals surface area (Å²) >= 11 is 0. The number of hydrogen-bond acceptors (Lipinski definition) is 5. The van der Waals surface area contributed by atoms with Gasteiger partial charge in [-0.1, -0.05) is 0 Å². The first-order valence-corrected chi connectivity index (χ1v) is 9.53. The van der Waals surface area contributed by atoms with Gasteiger partial charge in [0.05, 0.1) is 11.8 Å². The second kappa shape index (κ2) is 8.13. The first-order valence-electron chi connectivity index (χ1n) is 9.53. The number of aryl methyl sites for hydroxylation is 1. The van der Waals surface area contributed by atoms with Crippen LogP contribution in [0.5, 0.6) is 0 Å². The Morgan fingerprint density at radius 3 is 2.72 bits per heavy atom. The van der Waals surface area contributed by atoms with E-state index in [1.807, 2.05) is 25.7 Å². The minimum atomic E-state index is 0.0806. The lowest BCUT2D eigenvalue weighted by Crippen LogP contribution is -2.41. The van der Waals surface area contributed by atoms with Crippen LogP contribution < -0.4 is 4.90 Å². The number of piperidine rings is 1. The van der Waals surface area contributed by atoms with Gasteiger partial charge in [0.2, 0.25) is 5.91 Å². The number of hydrogen-bond donors (Lipinski definition) is 0. The molecular weight excluding hydrogens is 316 g/mol. The molecule has 0 radical (unpaired) electrons. The molecule has 2 aliphatic heterocycles. The molecule has 1 aromatic heterocycles. The lowest BCUT2D eigenvalue weighted by atomic mass is 9.94. The van der Waals surface area contributed by atoms with Gasteiger partial charge in [0.1, 0.15) is 18.2 Å². The van der Waals surface area contributed by atoms with Crippen LogP contribution in [0.2, 0.25) is 0 Å². The molecule has 0 bridgehead atoms. The summed E-state index contributed by atoms with van der Waals surface area (Å²) in [6.45, 7) is 9.76. The van der Waals surface area contributed by atoms with E-state index in [2.05, 4.69) is 20.9 Å². The predicted molar refractivity (Wildman–Crippen MR) is 97.9 cm³/mol. The van der Waals surface area contributed by atoms with Crippen molar-refractivity contribution in [2.75, 3.05) is 37.7 Å². The Hall–Kier alpha value is -1.69. The number of carbonyl (C=O) groups is 1. The van der Waals surface area contributed by atoms with Gasteiger partial charge in [-0.2, -0.15) is 0 Å². The summed E-state index contributed by atoms with van der Waals surface area (Å²) in [5.41, 5.74) is 1.08. The molecule has 25 heavy (non-hydrogen) atoms. The van der Waals surface area contributed by atoms with Crippen LogP contribution in [0.3, 0.4) is 0 Å². The first-order chi connectivity index (χ1) is 12.0. The van der Waals surface area contributed by atoms with Crippen LogP contribution in [0.1, 0.15) is 57.0 Å². The molecule has 0 saturated carbocycles. The monoisotopic (exact) mass is 346 g/mol. The lowest BCUT2D eigenvalue weighted by molar-refractivity contribution is -0.138. The zero-order chi connectivity index (χ0) is 17.8. The highest BCUT2D eigenvalue weighted by atomic mass is 16.5. The number of ether oxygens (including phenoxy) is 1. The lowest BCUT2D eigenvalue weighted by Gasteiger charge is -2.33. The quantitative estimate of drug-likeness (QED) is 0.820. The Balaban J connectivity index is 1.69. The second-order valence-corrected chi connectivity index (χ2v) is 7.43. The Labute approximate surface area is 150 Å². The van der Waals surface area contributed by atoms with E-state index in [1.54, 1.807) is 0 Å². The van der Waals surface area contributed by atoms with Crippen molar-refractivity contribution in [3.05, 3.63) is 17.6 Å². The van der Waals surface area contributed by atoms with Crippen molar-refractivity contribution >= 4 is 11.7 Å². The molecule has 0 unspecified atom stereocenters. The number of anilines is 1. The van der Waals surface area contributed by atoms with Crippen LogP contribution in [-0.2, 0) is 9.53 Å². The third-order valence-corrected chi connectivity index (χ3v) is 5.01. The van der Waals surface area contributed by atoms with Crippen molar-refractivity contribution in [3.63, 3.8) is 0 Å². The van der Waals surface area contributed by atoms with Crippen molar-refractivity contribution in [3.8, 4) is 0 Å². The van der Waals surface area contributed by atoms with Crippen molar-refractivity contribution in [2.24, 2.45) is 0 Å². The summed E-state index contributed by atoms with van der Waals surface area (Å²) in [6.07, 6.45) is 4.64. The maximum Gasteiger partial charge on any atom is 0.248 e. The van der Waals surface area contributed by atoms with Gasteiger partial charge in [0.15, 0.2) is 0 Å². The molecule has 6 nitrogen and oxygen atoms in total. The molecule has 1 amide bonds. The number of carbonyl (C=O) groups excluding carboxylic acids is 1. The standard InChI is InChI=1S/C19H30N4O2/c1-14(2)25-13-19(24)23-10-6-7-16(12-23)17-11-18(21-15(3)20-17)22-8-4-5-9-22/h11,14,16H,4-10,12-13H2,1-3H3/t16-/m0/s1. The van der Waals surface area contributed by atoms with Gasteiger partial charge in [-0.25, -0.2) is 9.97 Å². The fourth-order valence-electron chi connectivity index (χ4n) is 3.67. The van der Waals surface area contributed by atoms with E-state index in [0.29, 0.717) is 5.92 Å². The number of amides is 1. The molecule has 0 aromatic carbocycles. The van der Waals surface area contributed by atoms with Crippen LogP contribution in [-0.4, -0.2) is 59.7 Å². The number of aromatic nitrogens is 2. The maximum atomic E-state index is 12.4. The third kappa shape index (κ3) is 4.69. The molecule has 138 valence electrons. The molecule has 3 heterocycles. The molecule has 0 N–H and O–H groups in total. The summed E-state index contributed by atoms with van der Waals surface area (Å²) in [4.78, 5) is 26.0.